The molecule has 2 aromatic rings. The maximum Gasteiger partial charge on any atom is 0.242 e. The van der Waals surface area contributed by atoms with E-state index in [0.717, 1.165) is 16.3 Å². The third-order valence-electron chi connectivity index (χ3n) is 5.35. The van der Waals surface area contributed by atoms with Crippen molar-refractivity contribution in [3.8, 4) is 5.75 Å². The van der Waals surface area contributed by atoms with Crippen molar-refractivity contribution in [2.45, 2.75) is 52.2 Å². The van der Waals surface area contributed by atoms with Crippen molar-refractivity contribution in [2.24, 2.45) is 0 Å². The van der Waals surface area contributed by atoms with Gasteiger partial charge in [-0.3, -0.25) is 13.9 Å². The molecule has 0 spiro atoms. The summed E-state index contributed by atoms with van der Waals surface area (Å²) in [6, 6.07) is 13.7. The Morgan fingerprint density at radius 1 is 1.09 bits per heavy atom. The molecule has 0 aliphatic rings. The summed E-state index contributed by atoms with van der Waals surface area (Å²) in [5.41, 5.74) is 1.30. The van der Waals surface area contributed by atoms with Crippen molar-refractivity contribution in [1.29, 1.82) is 0 Å². The third kappa shape index (κ3) is 8.54. The molecule has 0 fully saturated rings. The molecule has 0 radical (unpaired) electrons. The number of halogens is 1. The van der Waals surface area contributed by atoms with Gasteiger partial charge >= 0.3 is 0 Å². The number of nitrogens with one attached hydrogen (secondary N) is 1. The Morgan fingerprint density at radius 3 is 2.37 bits per heavy atom. The predicted octanol–water partition coefficient (Wildman–Crippen LogP) is 3.95. The zero-order valence-electron chi connectivity index (χ0n) is 20.8. The minimum atomic E-state index is -3.61. The van der Waals surface area contributed by atoms with Gasteiger partial charge in [-0.1, -0.05) is 40.2 Å². The number of hydrogen-bond acceptors (Lipinski definition) is 5. The Balaban J connectivity index is 2.20. The Hall–Kier alpha value is -2.59. The van der Waals surface area contributed by atoms with E-state index in [1.54, 1.807) is 31.2 Å². The van der Waals surface area contributed by atoms with Crippen LogP contribution in [0.4, 0.5) is 5.69 Å². The Kier molecular flexibility index (Phi) is 10.6. The van der Waals surface area contributed by atoms with Crippen molar-refractivity contribution in [1.82, 2.24) is 10.2 Å². The van der Waals surface area contributed by atoms with Gasteiger partial charge in [0, 0.05) is 30.0 Å². The average molecular weight is 569 g/mol. The number of benzene rings is 2. The van der Waals surface area contributed by atoms with Crippen molar-refractivity contribution >= 4 is 43.5 Å². The van der Waals surface area contributed by atoms with Crippen LogP contribution in [0.15, 0.2) is 53.0 Å². The highest BCUT2D eigenvalue weighted by Gasteiger charge is 2.27. The summed E-state index contributed by atoms with van der Waals surface area (Å²) in [6.45, 7) is 5.78. The summed E-state index contributed by atoms with van der Waals surface area (Å²) < 4.78 is 32.4. The number of anilines is 1. The van der Waals surface area contributed by atoms with Crippen molar-refractivity contribution in [3.05, 3.63) is 58.6 Å². The molecule has 2 rings (SSSR count). The van der Waals surface area contributed by atoms with Crippen molar-refractivity contribution < 1.29 is 22.7 Å². The summed E-state index contributed by atoms with van der Waals surface area (Å²) in [5.74, 6) is -0.0421. The minimum absolute atomic E-state index is 0.0584. The maximum absolute atomic E-state index is 13.3. The van der Waals surface area contributed by atoms with Crippen molar-refractivity contribution in [3.63, 3.8) is 0 Å². The van der Waals surface area contributed by atoms with E-state index in [4.69, 9.17) is 4.74 Å². The molecule has 2 aromatic carbocycles. The molecule has 0 bridgehead atoms. The average Bonchev–Trinajstić information content (AvgIpc) is 2.78. The summed E-state index contributed by atoms with van der Waals surface area (Å²) in [5, 5.41) is 2.86. The van der Waals surface area contributed by atoms with Crippen LogP contribution >= 0.6 is 15.9 Å². The van der Waals surface area contributed by atoms with Gasteiger partial charge in [-0.25, -0.2) is 8.42 Å². The standard InChI is InChI=1S/C25H34BrN3O5S/c1-18(2)27-25(31)19(3)28(17-20-10-8-11-21(26)16-20)24(30)14-9-15-29(35(5,32)33)22-12-6-7-13-23(22)34-4/h6-8,10-13,16,18-19H,9,14-15,17H2,1-5H3,(H,27,31)/t19-/m1/s1. The van der Waals surface area contributed by atoms with E-state index in [1.807, 2.05) is 38.1 Å². The first kappa shape index (κ1) is 28.6. The lowest BCUT2D eigenvalue weighted by Crippen LogP contribution is -2.49. The Morgan fingerprint density at radius 2 is 1.77 bits per heavy atom. The molecule has 8 nitrogen and oxygen atoms in total. The predicted molar refractivity (Wildman–Crippen MR) is 142 cm³/mol. The number of hydrogen-bond donors (Lipinski definition) is 1. The highest BCUT2D eigenvalue weighted by Crippen LogP contribution is 2.29. The van der Waals surface area contributed by atoms with E-state index in [1.165, 1.54) is 16.3 Å². The van der Waals surface area contributed by atoms with E-state index in [9.17, 15) is 18.0 Å². The van der Waals surface area contributed by atoms with E-state index in [0.29, 0.717) is 11.4 Å². The third-order valence-corrected chi connectivity index (χ3v) is 7.02. The fourth-order valence-corrected chi connectivity index (χ4v) is 5.05. The molecule has 2 amide bonds. The van der Waals surface area contributed by atoms with Crippen LogP contribution in [0.1, 0.15) is 39.2 Å². The summed E-state index contributed by atoms with van der Waals surface area (Å²) in [7, 11) is -2.13. The molecule has 1 atom stereocenters. The first-order valence-corrected chi connectivity index (χ1v) is 14.0. The smallest absolute Gasteiger partial charge is 0.242 e. The molecular formula is C25H34BrN3O5S. The second-order valence-corrected chi connectivity index (χ2v) is 11.4. The van der Waals surface area contributed by atoms with Crippen LogP contribution < -0.4 is 14.4 Å². The van der Waals surface area contributed by atoms with E-state index < -0.39 is 16.1 Å². The van der Waals surface area contributed by atoms with Gasteiger partial charge in [0.1, 0.15) is 11.8 Å². The minimum Gasteiger partial charge on any atom is -0.495 e. The van der Waals surface area contributed by atoms with Crippen LogP contribution in [0.2, 0.25) is 0 Å². The first-order chi connectivity index (χ1) is 16.4. The molecule has 35 heavy (non-hydrogen) atoms. The lowest BCUT2D eigenvalue weighted by atomic mass is 10.1. The van der Waals surface area contributed by atoms with Gasteiger partial charge < -0.3 is 15.0 Å². The normalized spacial score (nSPS) is 12.2. The molecule has 1 N–H and O–H groups in total. The number of sulfonamides is 1. The number of methoxy groups -OCH3 is 1. The van der Waals surface area contributed by atoms with Crippen LogP contribution in [0.25, 0.3) is 0 Å². The monoisotopic (exact) mass is 567 g/mol. The maximum atomic E-state index is 13.3. The second kappa shape index (κ2) is 12.9. The fraction of sp³-hybridized carbons (Fsp3) is 0.440. The zero-order chi connectivity index (χ0) is 26.2. The lowest BCUT2D eigenvalue weighted by Gasteiger charge is -2.30. The molecule has 0 unspecified atom stereocenters. The van der Waals surface area contributed by atoms with Crippen LogP contribution in [0.5, 0.6) is 5.75 Å². The molecular weight excluding hydrogens is 534 g/mol. The summed E-state index contributed by atoms with van der Waals surface area (Å²) >= 11 is 3.44. The molecule has 0 aliphatic carbocycles. The van der Waals surface area contributed by atoms with Crippen LogP contribution in [0.3, 0.4) is 0 Å². The molecule has 0 aromatic heterocycles. The summed E-state index contributed by atoms with van der Waals surface area (Å²) in [6.07, 6.45) is 1.48. The highest BCUT2D eigenvalue weighted by atomic mass is 79.9. The van der Waals surface area contributed by atoms with Gasteiger partial charge in [0.05, 0.1) is 19.1 Å². The zero-order valence-corrected chi connectivity index (χ0v) is 23.2. The number of amides is 2. The first-order valence-electron chi connectivity index (χ1n) is 11.4. The quantitative estimate of drug-likeness (QED) is 0.419. The van der Waals surface area contributed by atoms with E-state index >= 15 is 0 Å². The van der Waals surface area contributed by atoms with E-state index in [-0.39, 0.29) is 43.8 Å². The van der Waals surface area contributed by atoms with Crippen LogP contribution in [0, 0.1) is 0 Å². The number of ether oxygens (including phenoxy) is 1. The van der Waals surface area contributed by atoms with Gasteiger partial charge in [0.2, 0.25) is 21.8 Å². The van der Waals surface area contributed by atoms with Gasteiger partial charge in [-0.15, -0.1) is 0 Å². The van der Waals surface area contributed by atoms with Gasteiger partial charge in [0.15, 0.2) is 0 Å². The number of carbonyl (C=O) groups excluding carboxylic acids is 2. The van der Waals surface area contributed by atoms with Crippen LogP contribution in [-0.4, -0.2) is 57.1 Å². The molecule has 0 aliphatic heterocycles. The topological polar surface area (TPSA) is 96.0 Å². The Labute approximate surface area is 216 Å². The highest BCUT2D eigenvalue weighted by molar-refractivity contribution is 9.10. The molecule has 0 saturated heterocycles. The molecule has 192 valence electrons. The molecule has 10 heteroatoms. The number of carbonyl (C=O) groups is 2. The van der Waals surface area contributed by atoms with Gasteiger partial charge in [-0.2, -0.15) is 0 Å². The molecule has 0 saturated carbocycles. The lowest BCUT2D eigenvalue weighted by molar-refractivity contribution is -0.140. The van der Waals surface area contributed by atoms with Gasteiger partial charge in [0.25, 0.3) is 0 Å². The van der Waals surface area contributed by atoms with Crippen LogP contribution in [-0.2, 0) is 26.2 Å². The number of rotatable bonds is 12. The van der Waals surface area contributed by atoms with E-state index in [2.05, 4.69) is 21.2 Å². The molecule has 0 heterocycles. The fourth-order valence-electron chi connectivity index (χ4n) is 3.64. The van der Waals surface area contributed by atoms with Gasteiger partial charge in [-0.05, 0) is 57.0 Å². The largest absolute Gasteiger partial charge is 0.495 e. The Bertz CT molecular complexity index is 1120. The number of para-hydroxylation sites is 2. The summed E-state index contributed by atoms with van der Waals surface area (Å²) in [4.78, 5) is 27.5. The van der Waals surface area contributed by atoms with Crippen molar-refractivity contribution in [2.75, 3.05) is 24.2 Å². The SMILES string of the molecule is COc1ccccc1N(CCCC(=O)N(Cc1cccc(Br)c1)[C@H](C)C(=O)NC(C)C)S(C)(=O)=O. The second-order valence-electron chi connectivity index (χ2n) is 8.60. The number of nitrogens with zero attached hydrogens (tertiary/aromatic N) is 2.